The van der Waals surface area contributed by atoms with E-state index in [9.17, 15) is 13.2 Å². The maximum absolute atomic E-state index is 12.1. The molecule has 1 amide bonds. The van der Waals surface area contributed by atoms with Gasteiger partial charge in [-0.05, 0) is 42.0 Å². The SMILES string of the molecule is CCNS(=O)(=O)c1ccc(C(=O)NNC(=S)NCc2ccccc2)cc1. The number of rotatable bonds is 6. The molecule has 0 heterocycles. The molecule has 0 aliphatic rings. The fourth-order valence-corrected chi connectivity index (χ4v) is 3.23. The molecule has 0 atom stereocenters. The van der Waals surface area contributed by atoms with Crippen molar-refractivity contribution in [3.05, 3.63) is 65.7 Å². The molecule has 0 bridgehead atoms. The number of nitrogens with one attached hydrogen (secondary N) is 4. The van der Waals surface area contributed by atoms with Gasteiger partial charge in [0.15, 0.2) is 5.11 Å². The minimum atomic E-state index is -3.54. The molecule has 7 nitrogen and oxygen atoms in total. The van der Waals surface area contributed by atoms with Crippen LogP contribution >= 0.6 is 12.2 Å². The summed E-state index contributed by atoms with van der Waals surface area (Å²) in [7, 11) is -3.54. The van der Waals surface area contributed by atoms with Gasteiger partial charge in [-0.3, -0.25) is 15.6 Å². The van der Waals surface area contributed by atoms with Gasteiger partial charge < -0.3 is 5.32 Å². The van der Waals surface area contributed by atoms with Gasteiger partial charge >= 0.3 is 0 Å². The highest BCUT2D eigenvalue weighted by molar-refractivity contribution is 7.89. The summed E-state index contributed by atoms with van der Waals surface area (Å²) < 4.78 is 26.1. The summed E-state index contributed by atoms with van der Waals surface area (Å²) in [5.74, 6) is -0.429. The maximum Gasteiger partial charge on any atom is 0.269 e. The van der Waals surface area contributed by atoms with Crippen LogP contribution in [0.25, 0.3) is 0 Å². The van der Waals surface area contributed by atoms with Crippen molar-refractivity contribution < 1.29 is 13.2 Å². The zero-order chi connectivity index (χ0) is 19.0. The topological polar surface area (TPSA) is 99.3 Å². The van der Waals surface area contributed by atoms with E-state index in [-0.39, 0.29) is 10.0 Å². The van der Waals surface area contributed by atoms with Gasteiger partial charge in [0.05, 0.1) is 4.90 Å². The van der Waals surface area contributed by atoms with Crippen LogP contribution < -0.4 is 20.9 Å². The minimum absolute atomic E-state index is 0.101. The smallest absolute Gasteiger partial charge is 0.269 e. The zero-order valence-electron chi connectivity index (χ0n) is 14.2. The first-order chi connectivity index (χ1) is 12.4. The van der Waals surface area contributed by atoms with E-state index in [0.717, 1.165) is 5.56 Å². The molecule has 0 saturated heterocycles. The van der Waals surface area contributed by atoms with Crippen molar-refractivity contribution in [2.45, 2.75) is 18.4 Å². The summed E-state index contributed by atoms with van der Waals surface area (Å²) in [6.45, 7) is 2.52. The maximum atomic E-state index is 12.1. The molecule has 0 spiro atoms. The van der Waals surface area contributed by atoms with Crippen LogP contribution in [0.2, 0.25) is 0 Å². The van der Waals surface area contributed by atoms with Crippen LogP contribution in [0, 0.1) is 0 Å². The molecule has 138 valence electrons. The van der Waals surface area contributed by atoms with Crippen molar-refractivity contribution >= 4 is 33.3 Å². The lowest BCUT2D eigenvalue weighted by Crippen LogP contribution is -2.46. The average Bonchev–Trinajstić information content (AvgIpc) is 2.65. The lowest BCUT2D eigenvalue weighted by molar-refractivity contribution is 0.0943. The van der Waals surface area contributed by atoms with Gasteiger partial charge in [-0.1, -0.05) is 37.3 Å². The van der Waals surface area contributed by atoms with E-state index in [1.54, 1.807) is 6.92 Å². The first-order valence-corrected chi connectivity index (χ1v) is 9.79. The number of benzene rings is 2. The number of amides is 1. The van der Waals surface area contributed by atoms with E-state index >= 15 is 0 Å². The predicted octanol–water partition coefficient (Wildman–Crippen LogP) is 1.29. The first kappa shape index (κ1) is 19.8. The number of hydrogen-bond donors (Lipinski definition) is 4. The molecule has 26 heavy (non-hydrogen) atoms. The highest BCUT2D eigenvalue weighted by atomic mass is 32.2. The number of carbonyl (C=O) groups is 1. The first-order valence-electron chi connectivity index (χ1n) is 7.90. The van der Waals surface area contributed by atoms with Crippen LogP contribution in [0.5, 0.6) is 0 Å². The molecule has 2 aromatic rings. The third-order valence-corrected chi connectivity index (χ3v) is 5.15. The van der Waals surface area contributed by atoms with Crippen LogP contribution in [0.1, 0.15) is 22.8 Å². The normalized spacial score (nSPS) is 10.8. The lowest BCUT2D eigenvalue weighted by atomic mass is 10.2. The average molecular weight is 393 g/mol. The second-order valence-corrected chi connectivity index (χ2v) is 7.45. The van der Waals surface area contributed by atoms with Crippen molar-refractivity contribution in [2.24, 2.45) is 0 Å². The Morgan fingerprint density at radius 1 is 1.00 bits per heavy atom. The Labute approximate surface area is 158 Å². The van der Waals surface area contributed by atoms with Crippen LogP contribution in [-0.4, -0.2) is 26.0 Å². The Kier molecular flexibility index (Phi) is 7.07. The third kappa shape index (κ3) is 5.80. The molecule has 0 radical (unpaired) electrons. The van der Waals surface area contributed by atoms with Crippen molar-refractivity contribution in [3.63, 3.8) is 0 Å². The number of carbonyl (C=O) groups excluding carboxylic acids is 1. The van der Waals surface area contributed by atoms with Crippen LogP contribution in [0.15, 0.2) is 59.5 Å². The van der Waals surface area contributed by atoms with Crippen molar-refractivity contribution in [2.75, 3.05) is 6.54 Å². The van der Waals surface area contributed by atoms with Crippen molar-refractivity contribution in [3.8, 4) is 0 Å². The van der Waals surface area contributed by atoms with Gasteiger partial charge in [-0.2, -0.15) is 0 Å². The Bertz CT molecular complexity index is 853. The largest absolute Gasteiger partial charge is 0.357 e. The molecule has 0 aliphatic heterocycles. The number of hydrogen-bond acceptors (Lipinski definition) is 4. The van der Waals surface area contributed by atoms with Gasteiger partial charge in [-0.15, -0.1) is 0 Å². The van der Waals surface area contributed by atoms with Gasteiger partial charge in [0.2, 0.25) is 10.0 Å². The van der Waals surface area contributed by atoms with Gasteiger partial charge in [0.25, 0.3) is 5.91 Å². The zero-order valence-corrected chi connectivity index (χ0v) is 15.8. The summed E-state index contributed by atoms with van der Waals surface area (Å²) in [5.41, 5.74) is 6.43. The Morgan fingerprint density at radius 3 is 2.27 bits per heavy atom. The molecule has 2 aromatic carbocycles. The highest BCUT2D eigenvalue weighted by Crippen LogP contribution is 2.10. The summed E-state index contributed by atoms with van der Waals surface area (Å²) in [6.07, 6.45) is 0. The van der Waals surface area contributed by atoms with E-state index in [1.165, 1.54) is 24.3 Å². The van der Waals surface area contributed by atoms with E-state index in [1.807, 2.05) is 30.3 Å². The second-order valence-electron chi connectivity index (χ2n) is 5.27. The van der Waals surface area contributed by atoms with E-state index in [0.29, 0.717) is 18.7 Å². The summed E-state index contributed by atoms with van der Waals surface area (Å²) in [4.78, 5) is 12.2. The van der Waals surface area contributed by atoms with Gasteiger partial charge in [-0.25, -0.2) is 13.1 Å². The lowest BCUT2D eigenvalue weighted by Gasteiger charge is -2.12. The summed E-state index contributed by atoms with van der Waals surface area (Å²) in [6, 6.07) is 15.3. The Hall–Kier alpha value is -2.49. The van der Waals surface area contributed by atoms with Crippen LogP contribution in [0.3, 0.4) is 0 Å². The third-order valence-electron chi connectivity index (χ3n) is 3.35. The standard InChI is InChI=1S/C17H20N4O3S2/c1-2-19-26(23,24)15-10-8-14(9-11-15)16(22)20-21-17(25)18-12-13-6-4-3-5-7-13/h3-11,19H,2,12H2,1H3,(H,20,22)(H2,18,21,25). The van der Waals surface area contributed by atoms with Crippen molar-refractivity contribution in [1.29, 1.82) is 0 Å². The number of thiocarbonyl (C=S) groups is 1. The molecule has 9 heteroatoms. The van der Waals surface area contributed by atoms with Crippen LogP contribution in [0.4, 0.5) is 0 Å². The Morgan fingerprint density at radius 2 is 1.65 bits per heavy atom. The molecule has 4 N–H and O–H groups in total. The molecule has 0 aromatic heterocycles. The van der Waals surface area contributed by atoms with Gasteiger partial charge in [0, 0.05) is 18.7 Å². The molecule has 2 rings (SSSR count). The predicted molar refractivity (Wildman–Crippen MR) is 104 cm³/mol. The highest BCUT2D eigenvalue weighted by Gasteiger charge is 2.13. The Balaban J connectivity index is 1.85. The van der Waals surface area contributed by atoms with Crippen LogP contribution in [-0.2, 0) is 16.6 Å². The molecule has 0 unspecified atom stereocenters. The van der Waals surface area contributed by atoms with E-state index in [4.69, 9.17) is 12.2 Å². The fourth-order valence-electron chi connectivity index (χ4n) is 2.07. The number of hydrazine groups is 1. The quantitative estimate of drug-likeness (QED) is 0.437. The molecular weight excluding hydrogens is 372 g/mol. The number of sulfonamides is 1. The molecule has 0 saturated carbocycles. The molecule has 0 aliphatic carbocycles. The van der Waals surface area contributed by atoms with Gasteiger partial charge in [0.1, 0.15) is 0 Å². The summed E-state index contributed by atoms with van der Waals surface area (Å²) >= 11 is 5.10. The van der Waals surface area contributed by atoms with Crippen molar-refractivity contribution in [1.82, 2.24) is 20.9 Å². The molecule has 0 fully saturated rings. The minimum Gasteiger partial charge on any atom is -0.357 e. The molecular formula is C17H20N4O3S2. The van der Waals surface area contributed by atoms with E-state index < -0.39 is 15.9 Å². The second kappa shape index (κ2) is 9.27. The van der Waals surface area contributed by atoms with E-state index in [2.05, 4.69) is 20.9 Å². The monoisotopic (exact) mass is 392 g/mol. The summed E-state index contributed by atoms with van der Waals surface area (Å²) in [5, 5.41) is 3.24. The fraction of sp³-hybridized carbons (Fsp3) is 0.176.